The van der Waals surface area contributed by atoms with E-state index in [-0.39, 0.29) is 0 Å². The Balaban J connectivity index is 6.37. The van der Waals surface area contributed by atoms with Crippen molar-refractivity contribution in [3.8, 4) is 0 Å². The highest BCUT2D eigenvalue weighted by atomic mass is 19.4. The molecule has 0 aliphatic heterocycles. The Labute approximate surface area is 215 Å². The fraction of sp³-hybridized carbons (Fsp3) is 0.857. The van der Waals surface area contributed by atoms with E-state index in [4.69, 9.17) is 0 Å². The molecule has 1 atom stereocenters. The third-order valence-electron chi connectivity index (χ3n) is 6.00. The van der Waals surface area contributed by atoms with Gasteiger partial charge in [0.05, 0.1) is 18.4 Å². The summed E-state index contributed by atoms with van der Waals surface area (Å²) in [7, 11) is 0. The first-order valence-electron chi connectivity index (χ1n) is 10.6. The first kappa shape index (κ1) is 38.0. The largest absolute Gasteiger partial charge is 0.465 e. The summed E-state index contributed by atoms with van der Waals surface area (Å²) in [4.78, 5) is 12.4. The molecule has 19 heteroatoms. The minimum absolute atomic E-state index is 0.432. The molecule has 0 aromatic carbocycles. The molecule has 0 saturated carbocycles. The van der Waals surface area contributed by atoms with Crippen LogP contribution in [0.2, 0.25) is 0 Å². The molecule has 40 heavy (non-hydrogen) atoms. The van der Waals surface area contributed by atoms with Gasteiger partial charge in [0.1, 0.15) is 0 Å². The van der Waals surface area contributed by atoms with Gasteiger partial charge in [-0.2, -0.15) is 74.6 Å². The molecule has 1 unspecified atom stereocenters. The molecule has 238 valence electrons. The molecule has 0 aliphatic carbocycles. The lowest BCUT2D eigenvalue weighted by atomic mass is 9.67. The molecule has 0 N–H and O–H groups in total. The number of hydrogen-bond donors (Lipinski definition) is 0. The Hall–Kier alpha value is -1.98. The molecule has 0 spiro atoms. The number of ether oxygens (including phenoxy) is 1. The van der Waals surface area contributed by atoms with Gasteiger partial charge in [0.25, 0.3) is 0 Å². The lowest BCUT2D eigenvalue weighted by molar-refractivity contribution is -0.461. The molecule has 0 aromatic rings. The van der Waals surface area contributed by atoms with Gasteiger partial charge in [-0.25, -0.2) is 0 Å². The van der Waals surface area contributed by atoms with Crippen LogP contribution in [0.3, 0.4) is 0 Å². The average molecular weight is 630 g/mol. The van der Waals surface area contributed by atoms with Crippen molar-refractivity contribution in [1.82, 2.24) is 0 Å². The minimum Gasteiger partial charge on any atom is -0.465 e. The number of rotatable bonds is 11. The van der Waals surface area contributed by atoms with Crippen molar-refractivity contribution < 1.29 is 84.2 Å². The van der Waals surface area contributed by atoms with Crippen LogP contribution in [-0.4, -0.2) is 60.2 Å². The second kappa shape index (κ2) is 10.4. The first-order chi connectivity index (χ1) is 17.0. The van der Waals surface area contributed by atoms with Gasteiger partial charge in [0.15, 0.2) is 0 Å². The van der Waals surface area contributed by atoms with E-state index in [1.165, 1.54) is 47.6 Å². The molecular formula is C21H23F17O2. The molecule has 0 bridgehead atoms. The van der Waals surface area contributed by atoms with E-state index in [1.807, 2.05) is 0 Å². The maximum Gasteiger partial charge on any atom is 0.460 e. The van der Waals surface area contributed by atoms with E-state index in [0.717, 1.165) is 0 Å². The van der Waals surface area contributed by atoms with Gasteiger partial charge < -0.3 is 4.74 Å². The summed E-state index contributed by atoms with van der Waals surface area (Å²) in [5.41, 5.74) is -2.36. The zero-order valence-electron chi connectivity index (χ0n) is 21.2. The number of allylic oxidation sites excluding steroid dienone is 1. The zero-order chi connectivity index (χ0) is 33.0. The van der Waals surface area contributed by atoms with Crippen LogP contribution in [0.15, 0.2) is 11.6 Å². The van der Waals surface area contributed by atoms with E-state index < -0.39 is 77.5 Å². The lowest BCUT2D eigenvalue weighted by Crippen LogP contribution is -2.74. The molecule has 0 heterocycles. The van der Waals surface area contributed by atoms with Gasteiger partial charge in [-0.3, -0.25) is 4.79 Å². The highest BCUT2D eigenvalue weighted by Gasteiger charge is 2.95. The fourth-order valence-corrected chi connectivity index (χ4v) is 2.93. The summed E-state index contributed by atoms with van der Waals surface area (Å²) in [6.07, 6.45) is -9.42. The predicted octanol–water partition coefficient (Wildman–Crippen LogP) is 8.95. The number of carbonyl (C=O) groups is 1. The molecule has 0 radical (unpaired) electrons. The highest BCUT2D eigenvalue weighted by molar-refractivity contribution is 5.79. The average Bonchev–Trinajstić information content (AvgIpc) is 2.70. The quantitative estimate of drug-likeness (QED) is 0.130. The zero-order valence-corrected chi connectivity index (χ0v) is 21.2. The molecule has 0 fully saturated rings. The Morgan fingerprint density at radius 2 is 0.900 bits per heavy atom. The van der Waals surface area contributed by atoms with E-state index in [2.05, 4.69) is 4.74 Å². The summed E-state index contributed by atoms with van der Waals surface area (Å²) in [5.74, 6) is -58.4. The number of alkyl halides is 17. The Kier molecular flexibility index (Phi) is 9.87. The van der Waals surface area contributed by atoms with Gasteiger partial charge in [-0.1, -0.05) is 32.4 Å². The van der Waals surface area contributed by atoms with Gasteiger partial charge in [-0.15, -0.1) is 0 Å². The highest BCUT2D eigenvalue weighted by Crippen LogP contribution is 2.64. The molecular weight excluding hydrogens is 607 g/mol. The second-order valence-electron chi connectivity index (χ2n) is 10.2. The van der Waals surface area contributed by atoms with Crippen molar-refractivity contribution in [3.63, 3.8) is 0 Å². The summed E-state index contributed by atoms with van der Waals surface area (Å²) >= 11 is 0. The van der Waals surface area contributed by atoms with Gasteiger partial charge in [-0.05, 0) is 26.2 Å². The van der Waals surface area contributed by atoms with E-state index in [9.17, 15) is 79.4 Å². The normalized spacial score (nSPS) is 16.9. The standard InChI is InChI=1S/C21H23F17O2/c1-10(2)9-13(6,12(3,4)5)11(39)40-8-7-14(22,23)15(24,25)16(26,27)17(28,29)18(30,31)19(32,33)20(34,35)21(36,37)38/h9H,7-8H2,1-6H3. The van der Waals surface area contributed by atoms with Crippen molar-refractivity contribution in [2.24, 2.45) is 10.8 Å². The number of carbonyl (C=O) groups excluding carboxylic acids is 1. The Morgan fingerprint density at radius 3 is 1.20 bits per heavy atom. The van der Waals surface area contributed by atoms with Crippen LogP contribution < -0.4 is 0 Å². The summed E-state index contributed by atoms with van der Waals surface area (Å²) in [6.45, 7) is 6.34. The third kappa shape index (κ3) is 5.70. The predicted molar refractivity (Wildman–Crippen MR) is 103 cm³/mol. The van der Waals surface area contributed by atoms with E-state index in [1.54, 1.807) is 0 Å². The van der Waals surface area contributed by atoms with Crippen molar-refractivity contribution in [2.75, 3.05) is 6.61 Å². The Bertz CT molecular complexity index is 953. The minimum atomic E-state index is -8.69. The molecule has 0 amide bonds. The first-order valence-corrected chi connectivity index (χ1v) is 10.6. The summed E-state index contributed by atoms with van der Waals surface area (Å²) in [5, 5.41) is 0. The van der Waals surface area contributed by atoms with Crippen molar-refractivity contribution in [2.45, 2.75) is 95.6 Å². The number of halogens is 17. The second-order valence-corrected chi connectivity index (χ2v) is 10.2. The van der Waals surface area contributed by atoms with Crippen LogP contribution in [0.4, 0.5) is 74.6 Å². The van der Waals surface area contributed by atoms with Gasteiger partial charge >= 0.3 is 53.6 Å². The van der Waals surface area contributed by atoms with E-state index in [0.29, 0.717) is 5.57 Å². The van der Waals surface area contributed by atoms with Crippen LogP contribution in [0, 0.1) is 10.8 Å². The van der Waals surface area contributed by atoms with Crippen LogP contribution in [0.5, 0.6) is 0 Å². The van der Waals surface area contributed by atoms with Crippen molar-refractivity contribution in [3.05, 3.63) is 11.6 Å². The Morgan fingerprint density at radius 1 is 0.575 bits per heavy atom. The van der Waals surface area contributed by atoms with Gasteiger partial charge in [0, 0.05) is 0 Å². The molecule has 0 aromatic heterocycles. The molecule has 2 nitrogen and oxygen atoms in total. The summed E-state index contributed by atoms with van der Waals surface area (Å²) in [6, 6.07) is 0. The SMILES string of the molecule is CC(C)=CC(C)(C(=O)OCCC(F)(F)C(F)(F)C(F)(F)C(F)(F)C(F)(F)C(F)(F)C(F)(F)C(F)(F)F)C(C)(C)C. The van der Waals surface area contributed by atoms with Crippen LogP contribution in [0.1, 0.15) is 48.0 Å². The smallest absolute Gasteiger partial charge is 0.460 e. The molecule has 0 aliphatic rings. The molecule has 0 rings (SSSR count). The number of esters is 1. The maximum absolute atomic E-state index is 14.0. The lowest BCUT2D eigenvalue weighted by Gasteiger charge is -2.42. The van der Waals surface area contributed by atoms with Crippen LogP contribution in [-0.2, 0) is 9.53 Å². The summed E-state index contributed by atoms with van der Waals surface area (Å²) < 4.78 is 231. The van der Waals surface area contributed by atoms with Crippen molar-refractivity contribution >= 4 is 5.97 Å². The van der Waals surface area contributed by atoms with Crippen LogP contribution in [0.25, 0.3) is 0 Å². The van der Waals surface area contributed by atoms with Gasteiger partial charge in [0.2, 0.25) is 0 Å². The van der Waals surface area contributed by atoms with Crippen molar-refractivity contribution in [1.29, 1.82) is 0 Å². The number of hydrogen-bond acceptors (Lipinski definition) is 2. The fourth-order valence-electron chi connectivity index (χ4n) is 2.93. The maximum atomic E-state index is 14.0. The van der Waals surface area contributed by atoms with Crippen LogP contribution >= 0.6 is 0 Å². The molecule has 0 saturated heterocycles. The monoisotopic (exact) mass is 630 g/mol. The van der Waals surface area contributed by atoms with E-state index >= 15 is 0 Å². The topological polar surface area (TPSA) is 26.3 Å². The third-order valence-corrected chi connectivity index (χ3v) is 6.00.